The molecule has 2 unspecified atom stereocenters. The zero-order valence-electron chi connectivity index (χ0n) is 14.0. The first kappa shape index (κ1) is 16.8. The third kappa shape index (κ3) is 3.28. The summed E-state index contributed by atoms with van der Waals surface area (Å²) in [6, 6.07) is 9.11. The number of hydrogen-bond acceptors (Lipinski definition) is 5. The molecule has 3 N–H and O–H groups in total. The Bertz CT molecular complexity index is 909. The Morgan fingerprint density at radius 1 is 1.28 bits per heavy atom. The minimum atomic E-state index is -0.552. The number of nitrogens with two attached hydrogens (primary N) is 1. The Balaban J connectivity index is 2.01. The number of amides is 1. The molecule has 8 heteroatoms. The number of anilines is 1. The van der Waals surface area contributed by atoms with Crippen LogP contribution in [0.3, 0.4) is 0 Å². The van der Waals surface area contributed by atoms with Crippen molar-refractivity contribution in [3.63, 3.8) is 0 Å². The second-order valence-corrected chi connectivity index (χ2v) is 5.90. The molecule has 0 saturated carbocycles. The molecule has 2 heterocycles. The largest absolute Gasteiger partial charge is 0.368 e. The summed E-state index contributed by atoms with van der Waals surface area (Å²) in [4.78, 5) is 11.7. The quantitative estimate of drug-likeness (QED) is 0.716. The zero-order chi connectivity index (χ0) is 18.0. The fourth-order valence-corrected chi connectivity index (χ4v) is 2.57. The van der Waals surface area contributed by atoms with Gasteiger partial charge in [0.25, 0.3) is 0 Å². The second-order valence-electron chi connectivity index (χ2n) is 5.90. The number of primary amides is 1. The lowest BCUT2D eigenvalue weighted by atomic mass is 9.99. The lowest BCUT2D eigenvalue weighted by Crippen LogP contribution is -2.40. The molecule has 2 atom stereocenters. The molecule has 25 heavy (non-hydrogen) atoms. The van der Waals surface area contributed by atoms with Crippen LogP contribution in [-0.4, -0.2) is 31.8 Å². The SMILES string of the molecule is CCC(C)C(Nc1ccc2nnc(-c3ccccc3F)n2n1)C(N)=O. The number of rotatable bonds is 6. The molecule has 130 valence electrons. The lowest BCUT2D eigenvalue weighted by molar-refractivity contribution is -0.119. The first-order valence-corrected chi connectivity index (χ1v) is 8.04. The van der Waals surface area contributed by atoms with E-state index in [2.05, 4.69) is 20.6 Å². The Hall–Kier alpha value is -3.03. The number of benzene rings is 1. The maximum absolute atomic E-state index is 14.1. The highest BCUT2D eigenvalue weighted by atomic mass is 19.1. The van der Waals surface area contributed by atoms with Crippen LogP contribution in [0.15, 0.2) is 36.4 Å². The van der Waals surface area contributed by atoms with Gasteiger partial charge in [0.1, 0.15) is 17.7 Å². The summed E-state index contributed by atoms with van der Waals surface area (Å²) in [6.07, 6.45) is 0.788. The summed E-state index contributed by atoms with van der Waals surface area (Å²) >= 11 is 0. The van der Waals surface area contributed by atoms with Gasteiger partial charge in [0.05, 0.1) is 5.56 Å². The number of nitrogens with one attached hydrogen (secondary N) is 1. The minimum Gasteiger partial charge on any atom is -0.368 e. The summed E-state index contributed by atoms with van der Waals surface area (Å²) in [5.41, 5.74) is 6.26. The van der Waals surface area contributed by atoms with E-state index in [-0.39, 0.29) is 11.7 Å². The van der Waals surface area contributed by atoms with Crippen molar-refractivity contribution in [3.05, 3.63) is 42.2 Å². The van der Waals surface area contributed by atoms with Crippen molar-refractivity contribution in [2.45, 2.75) is 26.3 Å². The van der Waals surface area contributed by atoms with Gasteiger partial charge in [0, 0.05) is 0 Å². The number of aromatic nitrogens is 4. The molecule has 7 nitrogen and oxygen atoms in total. The van der Waals surface area contributed by atoms with Crippen LogP contribution in [0.1, 0.15) is 20.3 Å². The number of carbonyl (C=O) groups excluding carboxylic acids is 1. The number of hydrogen-bond donors (Lipinski definition) is 2. The van der Waals surface area contributed by atoms with Crippen molar-refractivity contribution in [3.8, 4) is 11.4 Å². The van der Waals surface area contributed by atoms with Crippen LogP contribution in [0.5, 0.6) is 0 Å². The first-order valence-electron chi connectivity index (χ1n) is 8.04. The van der Waals surface area contributed by atoms with Crippen molar-refractivity contribution in [1.29, 1.82) is 0 Å². The predicted octanol–water partition coefficient (Wildman–Crippen LogP) is 2.24. The fourth-order valence-electron chi connectivity index (χ4n) is 2.57. The molecule has 0 aliphatic carbocycles. The average Bonchev–Trinajstić information content (AvgIpc) is 3.02. The molecule has 3 rings (SSSR count). The van der Waals surface area contributed by atoms with Crippen LogP contribution >= 0.6 is 0 Å². The molecule has 0 radical (unpaired) electrons. The number of halogens is 1. The third-order valence-corrected chi connectivity index (χ3v) is 4.20. The van der Waals surface area contributed by atoms with E-state index in [4.69, 9.17) is 5.73 Å². The number of carbonyl (C=O) groups is 1. The first-order chi connectivity index (χ1) is 12.0. The maximum Gasteiger partial charge on any atom is 0.240 e. The Labute approximate surface area is 144 Å². The topological polar surface area (TPSA) is 98.2 Å². The standard InChI is InChI=1S/C17H19FN6O/c1-3-10(2)15(16(19)25)20-13-8-9-14-21-22-17(24(14)23-13)11-6-4-5-7-12(11)18/h4-10,15H,3H2,1-2H3,(H2,19,25)(H,20,23). The summed E-state index contributed by atoms with van der Waals surface area (Å²) < 4.78 is 15.5. The van der Waals surface area contributed by atoms with E-state index in [1.807, 2.05) is 13.8 Å². The molecule has 0 saturated heterocycles. The van der Waals surface area contributed by atoms with Gasteiger partial charge < -0.3 is 11.1 Å². The highest BCUT2D eigenvalue weighted by molar-refractivity contribution is 5.83. The van der Waals surface area contributed by atoms with E-state index in [1.165, 1.54) is 10.6 Å². The van der Waals surface area contributed by atoms with Crippen LogP contribution in [0, 0.1) is 11.7 Å². The van der Waals surface area contributed by atoms with Gasteiger partial charge in [-0.2, -0.15) is 4.52 Å². The summed E-state index contributed by atoms with van der Waals surface area (Å²) in [6.45, 7) is 3.92. The minimum absolute atomic E-state index is 0.0435. The van der Waals surface area contributed by atoms with E-state index in [9.17, 15) is 9.18 Å². The van der Waals surface area contributed by atoms with Crippen LogP contribution < -0.4 is 11.1 Å². The fraction of sp³-hybridized carbons (Fsp3) is 0.294. The third-order valence-electron chi connectivity index (χ3n) is 4.20. The van der Waals surface area contributed by atoms with E-state index in [0.717, 1.165) is 6.42 Å². The molecule has 3 aromatic rings. The lowest BCUT2D eigenvalue weighted by Gasteiger charge is -2.21. The van der Waals surface area contributed by atoms with Gasteiger partial charge in [-0.25, -0.2) is 4.39 Å². The van der Waals surface area contributed by atoms with Gasteiger partial charge in [-0.1, -0.05) is 32.4 Å². The molecule has 0 fully saturated rings. The summed E-state index contributed by atoms with van der Waals surface area (Å²) in [5.74, 6) is -0.0900. The van der Waals surface area contributed by atoms with Crippen molar-refractivity contribution in [1.82, 2.24) is 19.8 Å². The number of fused-ring (bicyclic) bond motifs is 1. The Morgan fingerprint density at radius 2 is 2.04 bits per heavy atom. The second kappa shape index (κ2) is 6.84. The van der Waals surface area contributed by atoms with Crippen LogP contribution in [-0.2, 0) is 4.79 Å². The van der Waals surface area contributed by atoms with Gasteiger partial charge in [-0.15, -0.1) is 15.3 Å². The van der Waals surface area contributed by atoms with Crippen LogP contribution in [0.2, 0.25) is 0 Å². The predicted molar refractivity (Wildman–Crippen MR) is 92.2 cm³/mol. The van der Waals surface area contributed by atoms with E-state index < -0.39 is 17.8 Å². The molecule has 0 bridgehead atoms. The van der Waals surface area contributed by atoms with Crippen molar-refractivity contribution in [2.24, 2.45) is 11.7 Å². The highest BCUT2D eigenvalue weighted by Gasteiger charge is 2.22. The molecule has 0 aliphatic heterocycles. The molecular formula is C17H19FN6O. The Morgan fingerprint density at radius 3 is 2.72 bits per heavy atom. The van der Waals surface area contributed by atoms with E-state index >= 15 is 0 Å². The molecular weight excluding hydrogens is 323 g/mol. The Kier molecular flexibility index (Phi) is 4.60. The van der Waals surface area contributed by atoms with Gasteiger partial charge in [-0.3, -0.25) is 4.79 Å². The summed E-state index contributed by atoms with van der Waals surface area (Å²) in [5, 5.41) is 15.5. The van der Waals surface area contributed by atoms with Crippen LogP contribution in [0.25, 0.3) is 17.0 Å². The average molecular weight is 342 g/mol. The molecule has 1 amide bonds. The molecule has 0 spiro atoms. The maximum atomic E-state index is 14.1. The van der Waals surface area contributed by atoms with E-state index in [0.29, 0.717) is 17.0 Å². The zero-order valence-corrected chi connectivity index (χ0v) is 14.0. The molecule has 1 aromatic carbocycles. The summed E-state index contributed by atoms with van der Waals surface area (Å²) in [7, 11) is 0. The van der Waals surface area contributed by atoms with Gasteiger partial charge in [0.15, 0.2) is 11.5 Å². The van der Waals surface area contributed by atoms with Crippen molar-refractivity contribution in [2.75, 3.05) is 5.32 Å². The van der Waals surface area contributed by atoms with Gasteiger partial charge in [0.2, 0.25) is 5.91 Å². The molecule has 0 aliphatic rings. The van der Waals surface area contributed by atoms with Crippen molar-refractivity contribution < 1.29 is 9.18 Å². The van der Waals surface area contributed by atoms with Gasteiger partial charge >= 0.3 is 0 Å². The smallest absolute Gasteiger partial charge is 0.240 e. The van der Waals surface area contributed by atoms with Crippen LogP contribution in [0.4, 0.5) is 10.2 Å². The van der Waals surface area contributed by atoms with Gasteiger partial charge in [-0.05, 0) is 30.2 Å². The van der Waals surface area contributed by atoms with E-state index in [1.54, 1.807) is 30.3 Å². The number of nitrogens with zero attached hydrogens (tertiary/aromatic N) is 4. The highest BCUT2D eigenvalue weighted by Crippen LogP contribution is 2.22. The normalized spacial score (nSPS) is 13.6. The monoisotopic (exact) mass is 342 g/mol. The molecule has 2 aromatic heterocycles. The van der Waals surface area contributed by atoms with Crippen molar-refractivity contribution >= 4 is 17.4 Å².